The highest BCUT2D eigenvalue weighted by Crippen LogP contribution is 2.08. The van der Waals surface area contributed by atoms with E-state index in [0.29, 0.717) is 18.7 Å². The van der Waals surface area contributed by atoms with Crippen LogP contribution >= 0.6 is 11.8 Å². The monoisotopic (exact) mass is 460 g/mol. The normalized spacial score (nSPS) is 18.6. The van der Waals surface area contributed by atoms with E-state index in [1.165, 1.54) is 11.8 Å². The second-order valence-corrected chi connectivity index (χ2v) is 8.70. The molecule has 0 spiro atoms. The van der Waals surface area contributed by atoms with E-state index in [9.17, 15) is 29.1 Å². The number of nitrogens with one attached hydrogen (secondary N) is 4. The largest absolute Gasteiger partial charge is 0.481 e. The van der Waals surface area contributed by atoms with Crippen LogP contribution in [-0.2, 0) is 24.0 Å². The van der Waals surface area contributed by atoms with Crippen molar-refractivity contribution in [3.05, 3.63) is 0 Å². The molecular formula is C19H32N4O7S. The predicted molar refractivity (Wildman–Crippen MR) is 115 cm³/mol. The number of carbonyl (C=O) groups is 5. The topological polar surface area (TPSA) is 174 Å². The predicted octanol–water partition coefficient (Wildman–Crippen LogP) is -0.839. The lowest BCUT2D eigenvalue weighted by atomic mass is 10.0. The molecule has 176 valence electrons. The molecule has 0 bridgehead atoms. The highest BCUT2D eigenvalue weighted by Gasteiger charge is 2.32. The quantitative estimate of drug-likeness (QED) is 0.205. The Hall–Kier alpha value is -2.34. The van der Waals surface area contributed by atoms with Gasteiger partial charge >= 0.3 is 11.9 Å². The first-order chi connectivity index (χ1) is 14.6. The van der Waals surface area contributed by atoms with E-state index in [-0.39, 0.29) is 12.3 Å². The Morgan fingerprint density at radius 3 is 2.16 bits per heavy atom. The van der Waals surface area contributed by atoms with E-state index in [1.807, 2.05) is 6.26 Å². The molecule has 4 atom stereocenters. The second kappa shape index (κ2) is 13.2. The summed E-state index contributed by atoms with van der Waals surface area (Å²) in [5.41, 5.74) is 0. The van der Waals surface area contributed by atoms with Crippen LogP contribution in [0.1, 0.15) is 39.5 Å². The molecule has 12 heteroatoms. The van der Waals surface area contributed by atoms with Crippen LogP contribution in [0.25, 0.3) is 0 Å². The average molecular weight is 461 g/mol. The van der Waals surface area contributed by atoms with Gasteiger partial charge in [-0.3, -0.25) is 19.2 Å². The number of thioether (sulfide) groups is 1. The number of aliphatic carboxylic acids is 2. The molecule has 0 aliphatic carbocycles. The second-order valence-electron chi connectivity index (χ2n) is 7.72. The molecule has 1 aliphatic rings. The summed E-state index contributed by atoms with van der Waals surface area (Å²) in [6.07, 6.45) is 2.75. The first-order valence-corrected chi connectivity index (χ1v) is 11.5. The van der Waals surface area contributed by atoms with E-state index in [4.69, 9.17) is 5.11 Å². The van der Waals surface area contributed by atoms with E-state index in [2.05, 4.69) is 21.3 Å². The Morgan fingerprint density at radius 2 is 1.68 bits per heavy atom. The van der Waals surface area contributed by atoms with Gasteiger partial charge in [-0.1, -0.05) is 13.8 Å². The smallest absolute Gasteiger partial charge is 0.326 e. The summed E-state index contributed by atoms with van der Waals surface area (Å²) in [5.74, 6) is -4.33. The van der Waals surface area contributed by atoms with Crippen molar-refractivity contribution in [3.63, 3.8) is 0 Å². The van der Waals surface area contributed by atoms with Crippen molar-refractivity contribution >= 4 is 41.4 Å². The molecule has 0 aromatic rings. The third kappa shape index (κ3) is 9.13. The van der Waals surface area contributed by atoms with Crippen molar-refractivity contribution in [1.29, 1.82) is 0 Å². The lowest BCUT2D eigenvalue weighted by Gasteiger charge is -2.25. The molecule has 0 aromatic heterocycles. The molecule has 1 fully saturated rings. The summed E-state index contributed by atoms with van der Waals surface area (Å²) in [4.78, 5) is 60.3. The fourth-order valence-electron chi connectivity index (χ4n) is 3.11. The van der Waals surface area contributed by atoms with Crippen LogP contribution in [0.15, 0.2) is 0 Å². The molecule has 0 saturated carbocycles. The van der Waals surface area contributed by atoms with Gasteiger partial charge in [0.1, 0.15) is 18.1 Å². The van der Waals surface area contributed by atoms with Crippen molar-refractivity contribution in [1.82, 2.24) is 21.3 Å². The van der Waals surface area contributed by atoms with Crippen molar-refractivity contribution in [2.75, 3.05) is 18.6 Å². The van der Waals surface area contributed by atoms with Gasteiger partial charge in [-0.05, 0) is 43.7 Å². The molecule has 3 amide bonds. The zero-order valence-electron chi connectivity index (χ0n) is 18.0. The summed E-state index contributed by atoms with van der Waals surface area (Å²) in [5, 5.41) is 28.8. The summed E-state index contributed by atoms with van der Waals surface area (Å²) >= 11 is 1.43. The third-order valence-electron chi connectivity index (χ3n) is 4.86. The van der Waals surface area contributed by atoms with Gasteiger partial charge in [-0.25, -0.2) is 4.79 Å². The van der Waals surface area contributed by atoms with Crippen LogP contribution in [0.2, 0.25) is 0 Å². The summed E-state index contributed by atoms with van der Waals surface area (Å²) in [6.45, 7) is 3.94. The number of carbonyl (C=O) groups excluding carboxylic acids is 3. The van der Waals surface area contributed by atoms with Crippen LogP contribution in [0.3, 0.4) is 0 Å². The first kappa shape index (κ1) is 26.7. The van der Waals surface area contributed by atoms with Crippen molar-refractivity contribution in [2.24, 2.45) is 5.92 Å². The minimum absolute atomic E-state index is 0.209. The SMILES string of the molecule is CSCCC(NC(=O)C(CC(=O)O)NC(=O)C1CCCN1)C(=O)NC(C(=O)O)C(C)C. The lowest BCUT2D eigenvalue weighted by molar-refractivity contribution is -0.144. The van der Waals surface area contributed by atoms with Crippen LogP contribution in [0.4, 0.5) is 0 Å². The number of carboxylic acids is 2. The van der Waals surface area contributed by atoms with Gasteiger partial charge in [-0.2, -0.15) is 11.8 Å². The van der Waals surface area contributed by atoms with Gasteiger partial charge in [0.05, 0.1) is 12.5 Å². The number of amides is 3. The Morgan fingerprint density at radius 1 is 1.03 bits per heavy atom. The molecule has 1 saturated heterocycles. The zero-order chi connectivity index (χ0) is 23.6. The Bertz CT molecular complexity index is 668. The fourth-order valence-corrected chi connectivity index (χ4v) is 3.58. The Kier molecular flexibility index (Phi) is 11.3. The van der Waals surface area contributed by atoms with Crippen LogP contribution in [0, 0.1) is 5.92 Å². The van der Waals surface area contributed by atoms with Crippen LogP contribution in [0.5, 0.6) is 0 Å². The summed E-state index contributed by atoms with van der Waals surface area (Å²) in [7, 11) is 0. The van der Waals surface area contributed by atoms with Crippen molar-refractivity contribution in [3.8, 4) is 0 Å². The van der Waals surface area contributed by atoms with E-state index in [0.717, 1.165) is 6.42 Å². The van der Waals surface area contributed by atoms with E-state index < -0.39 is 60.2 Å². The number of carboxylic acid groups (broad SMARTS) is 2. The van der Waals surface area contributed by atoms with Crippen LogP contribution in [-0.4, -0.2) is 82.6 Å². The van der Waals surface area contributed by atoms with Crippen molar-refractivity contribution in [2.45, 2.75) is 63.7 Å². The molecule has 4 unspecified atom stereocenters. The maximum Gasteiger partial charge on any atom is 0.326 e. The molecular weight excluding hydrogens is 428 g/mol. The van der Waals surface area contributed by atoms with Gasteiger partial charge < -0.3 is 31.5 Å². The summed E-state index contributed by atoms with van der Waals surface area (Å²) < 4.78 is 0. The molecule has 11 nitrogen and oxygen atoms in total. The standard InChI is InChI=1S/C19H32N4O7S/c1-10(2)15(19(29)30)23-17(27)12(6-8-31-3)21-18(28)13(9-14(24)25)22-16(26)11-5-4-7-20-11/h10-13,15,20H,4-9H2,1-3H3,(H,21,28)(H,22,26)(H,23,27)(H,24,25)(H,29,30). The van der Waals surface area contributed by atoms with Crippen LogP contribution < -0.4 is 21.3 Å². The molecule has 31 heavy (non-hydrogen) atoms. The first-order valence-electron chi connectivity index (χ1n) is 10.1. The molecule has 1 aliphatic heterocycles. The molecule has 0 aromatic carbocycles. The highest BCUT2D eigenvalue weighted by molar-refractivity contribution is 7.98. The Labute approximate surface area is 185 Å². The molecule has 0 radical (unpaired) electrons. The van der Waals surface area contributed by atoms with E-state index in [1.54, 1.807) is 13.8 Å². The number of rotatable bonds is 13. The Balaban J connectivity index is 2.90. The highest BCUT2D eigenvalue weighted by atomic mass is 32.2. The van der Waals surface area contributed by atoms with Gasteiger partial charge in [0.2, 0.25) is 17.7 Å². The maximum absolute atomic E-state index is 12.7. The number of hydrogen-bond donors (Lipinski definition) is 6. The minimum atomic E-state index is -1.36. The van der Waals surface area contributed by atoms with Gasteiger partial charge in [0.25, 0.3) is 0 Å². The number of hydrogen-bond acceptors (Lipinski definition) is 7. The maximum atomic E-state index is 12.7. The zero-order valence-corrected chi connectivity index (χ0v) is 18.8. The average Bonchev–Trinajstić information content (AvgIpc) is 3.22. The fraction of sp³-hybridized carbons (Fsp3) is 0.737. The van der Waals surface area contributed by atoms with Gasteiger partial charge in [0.15, 0.2) is 0 Å². The lowest BCUT2D eigenvalue weighted by Crippen LogP contribution is -2.58. The molecule has 6 N–H and O–H groups in total. The molecule has 1 heterocycles. The van der Waals surface area contributed by atoms with Crippen molar-refractivity contribution < 1.29 is 34.2 Å². The third-order valence-corrected chi connectivity index (χ3v) is 5.51. The van der Waals surface area contributed by atoms with Gasteiger partial charge in [-0.15, -0.1) is 0 Å². The van der Waals surface area contributed by atoms with Gasteiger partial charge in [0, 0.05) is 0 Å². The molecule has 1 rings (SSSR count). The summed E-state index contributed by atoms with van der Waals surface area (Å²) in [6, 6.07) is -4.07. The van der Waals surface area contributed by atoms with E-state index >= 15 is 0 Å². The minimum Gasteiger partial charge on any atom is -0.481 e.